The van der Waals surface area contributed by atoms with Gasteiger partial charge in [-0.3, -0.25) is 4.79 Å². The number of carbonyl (C=O) groups excluding carboxylic acids is 2. The summed E-state index contributed by atoms with van der Waals surface area (Å²) in [6.07, 6.45) is 5.33. The van der Waals surface area contributed by atoms with Crippen LogP contribution in [0.5, 0.6) is 0 Å². The fraction of sp³-hybridized carbons (Fsp3) is 0.400. The maximum absolute atomic E-state index is 12.3. The lowest BCUT2D eigenvalue weighted by Gasteiger charge is -2.11. The summed E-state index contributed by atoms with van der Waals surface area (Å²) < 4.78 is 4.94. The average molecular weight is 390 g/mol. The van der Waals surface area contributed by atoms with Gasteiger partial charge in [0.2, 0.25) is 5.91 Å². The molecule has 138 valence electrons. The molecule has 0 fully saturated rings. The highest BCUT2D eigenvalue weighted by Gasteiger charge is 2.26. The van der Waals surface area contributed by atoms with Crippen molar-refractivity contribution in [2.75, 3.05) is 18.2 Å². The van der Waals surface area contributed by atoms with Gasteiger partial charge in [-0.2, -0.15) is 0 Å². The zero-order valence-corrected chi connectivity index (χ0v) is 16.5. The highest BCUT2D eigenvalue weighted by atomic mass is 32.2. The van der Waals surface area contributed by atoms with Crippen LogP contribution < -0.4 is 5.32 Å². The molecule has 0 saturated carbocycles. The van der Waals surface area contributed by atoms with Gasteiger partial charge in [0.15, 0.2) is 0 Å². The molecule has 1 aromatic heterocycles. The second-order valence-corrected chi connectivity index (χ2v) is 8.49. The molecule has 0 saturated heterocycles. The van der Waals surface area contributed by atoms with Crippen LogP contribution in [0.25, 0.3) is 0 Å². The van der Waals surface area contributed by atoms with E-state index in [-0.39, 0.29) is 11.9 Å². The normalized spacial score (nSPS) is 13.1. The van der Waals surface area contributed by atoms with E-state index in [9.17, 15) is 9.59 Å². The van der Waals surface area contributed by atoms with Crippen molar-refractivity contribution in [2.45, 2.75) is 43.4 Å². The van der Waals surface area contributed by atoms with Crippen LogP contribution in [-0.2, 0) is 22.4 Å². The van der Waals surface area contributed by atoms with Crippen LogP contribution >= 0.6 is 23.1 Å². The molecule has 0 bridgehead atoms. The van der Waals surface area contributed by atoms with E-state index < -0.39 is 0 Å². The summed E-state index contributed by atoms with van der Waals surface area (Å²) in [6.45, 7) is 0. The molecular formula is C20H23NO3S2. The van der Waals surface area contributed by atoms with E-state index in [1.807, 2.05) is 18.2 Å². The number of fused-ring (bicyclic) bond motifs is 1. The van der Waals surface area contributed by atoms with Crippen molar-refractivity contribution in [1.82, 2.24) is 0 Å². The predicted molar refractivity (Wildman–Crippen MR) is 107 cm³/mol. The van der Waals surface area contributed by atoms with Gasteiger partial charge >= 0.3 is 5.97 Å². The fourth-order valence-electron chi connectivity index (χ4n) is 3.10. The van der Waals surface area contributed by atoms with Gasteiger partial charge in [0, 0.05) is 16.2 Å². The van der Waals surface area contributed by atoms with E-state index in [0.717, 1.165) is 43.4 Å². The minimum atomic E-state index is -0.348. The molecule has 4 nitrogen and oxygen atoms in total. The lowest BCUT2D eigenvalue weighted by molar-refractivity contribution is -0.116. The first-order valence-electron chi connectivity index (χ1n) is 8.89. The van der Waals surface area contributed by atoms with Crippen molar-refractivity contribution in [3.05, 3.63) is 46.3 Å². The first-order valence-corrected chi connectivity index (χ1v) is 10.7. The Morgan fingerprint density at radius 2 is 1.96 bits per heavy atom. The Balaban J connectivity index is 1.57. The quantitative estimate of drug-likeness (QED) is 0.415. The van der Waals surface area contributed by atoms with Crippen LogP contribution in [0.2, 0.25) is 0 Å². The summed E-state index contributed by atoms with van der Waals surface area (Å²) in [5.41, 5.74) is 1.64. The first kappa shape index (κ1) is 19.0. The van der Waals surface area contributed by atoms with Crippen LogP contribution in [0.15, 0.2) is 35.2 Å². The Morgan fingerprint density at radius 3 is 2.73 bits per heavy atom. The molecule has 0 spiro atoms. The highest BCUT2D eigenvalue weighted by Crippen LogP contribution is 2.38. The number of thioether (sulfide) groups is 1. The fourth-order valence-corrected chi connectivity index (χ4v) is 5.27. The zero-order valence-electron chi connectivity index (χ0n) is 14.9. The predicted octanol–water partition coefficient (Wildman–Crippen LogP) is 4.92. The van der Waals surface area contributed by atoms with Gasteiger partial charge in [-0.05, 0) is 55.6 Å². The number of ether oxygens (including phenoxy) is 1. The molecule has 1 aromatic carbocycles. The number of hydrogen-bond donors (Lipinski definition) is 1. The van der Waals surface area contributed by atoms with E-state index in [0.29, 0.717) is 17.0 Å². The Hall–Kier alpha value is -1.79. The molecule has 26 heavy (non-hydrogen) atoms. The van der Waals surface area contributed by atoms with Gasteiger partial charge in [0.1, 0.15) is 5.00 Å². The van der Waals surface area contributed by atoms with Crippen molar-refractivity contribution >= 4 is 40.0 Å². The lowest BCUT2D eigenvalue weighted by atomic mass is 9.95. The van der Waals surface area contributed by atoms with E-state index in [4.69, 9.17) is 4.74 Å². The van der Waals surface area contributed by atoms with Crippen LogP contribution in [-0.4, -0.2) is 24.7 Å². The van der Waals surface area contributed by atoms with Crippen LogP contribution in [0.3, 0.4) is 0 Å². The maximum atomic E-state index is 12.3. The van der Waals surface area contributed by atoms with Crippen molar-refractivity contribution in [3.8, 4) is 0 Å². The number of methoxy groups -OCH3 is 1. The van der Waals surface area contributed by atoms with Gasteiger partial charge in [-0.1, -0.05) is 18.2 Å². The number of nitrogens with one attached hydrogen (secondary N) is 1. The van der Waals surface area contributed by atoms with E-state index in [1.54, 1.807) is 11.8 Å². The lowest BCUT2D eigenvalue weighted by Crippen LogP contribution is -2.14. The maximum Gasteiger partial charge on any atom is 0.341 e. The molecule has 1 aliphatic rings. The smallest absolute Gasteiger partial charge is 0.341 e. The molecule has 2 aromatic rings. The Kier molecular flexibility index (Phi) is 6.74. The SMILES string of the molecule is COC(=O)c1c(NC(=O)CCCSc2ccccc2)sc2c1CCCC2. The Bertz CT molecular complexity index is 771. The molecule has 0 atom stereocenters. The third-order valence-electron chi connectivity index (χ3n) is 4.37. The van der Waals surface area contributed by atoms with Gasteiger partial charge in [-0.25, -0.2) is 4.79 Å². The van der Waals surface area contributed by atoms with E-state index in [1.165, 1.54) is 28.2 Å². The molecular weight excluding hydrogens is 366 g/mol. The number of carbonyl (C=O) groups is 2. The van der Waals surface area contributed by atoms with Crippen molar-refractivity contribution in [3.63, 3.8) is 0 Å². The van der Waals surface area contributed by atoms with E-state index in [2.05, 4.69) is 17.4 Å². The van der Waals surface area contributed by atoms with E-state index >= 15 is 0 Å². The zero-order chi connectivity index (χ0) is 18.4. The molecule has 0 aliphatic heterocycles. The third kappa shape index (κ3) is 4.68. The number of thiophene rings is 1. The summed E-state index contributed by atoms with van der Waals surface area (Å²) >= 11 is 3.28. The number of esters is 1. The number of anilines is 1. The first-order chi connectivity index (χ1) is 12.7. The summed E-state index contributed by atoms with van der Waals surface area (Å²) in [5, 5.41) is 3.61. The van der Waals surface area contributed by atoms with Crippen molar-refractivity contribution in [1.29, 1.82) is 0 Å². The Morgan fingerprint density at radius 1 is 1.19 bits per heavy atom. The summed E-state index contributed by atoms with van der Waals surface area (Å²) in [4.78, 5) is 27.0. The highest BCUT2D eigenvalue weighted by molar-refractivity contribution is 7.99. The van der Waals surface area contributed by atoms with Gasteiger partial charge < -0.3 is 10.1 Å². The molecule has 0 unspecified atom stereocenters. The molecule has 1 aliphatic carbocycles. The summed E-state index contributed by atoms with van der Waals surface area (Å²) in [6, 6.07) is 10.2. The second-order valence-electron chi connectivity index (χ2n) is 6.22. The van der Waals surface area contributed by atoms with Gasteiger partial charge in [0.25, 0.3) is 0 Å². The summed E-state index contributed by atoms with van der Waals surface area (Å²) in [7, 11) is 1.39. The van der Waals surface area contributed by atoms with Crippen LogP contribution in [0.1, 0.15) is 46.5 Å². The van der Waals surface area contributed by atoms with Gasteiger partial charge in [-0.15, -0.1) is 23.1 Å². The molecule has 6 heteroatoms. The van der Waals surface area contributed by atoms with Crippen LogP contribution in [0.4, 0.5) is 5.00 Å². The third-order valence-corrected chi connectivity index (χ3v) is 6.68. The van der Waals surface area contributed by atoms with Gasteiger partial charge in [0.05, 0.1) is 12.7 Å². The Labute approximate surface area is 162 Å². The number of rotatable bonds is 7. The average Bonchev–Trinajstić information content (AvgIpc) is 3.03. The molecule has 1 amide bonds. The minimum absolute atomic E-state index is 0.0394. The van der Waals surface area contributed by atoms with Crippen molar-refractivity contribution in [2.24, 2.45) is 0 Å². The second kappa shape index (κ2) is 9.24. The molecule has 0 radical (unpaired) electrons. The topological polar surface area (TPSA) is 55.4 Å². The number of aryl methyl sites for hydroxylation is 1. The largest absolute Gasteiger partial charge is 0.465 e. The number of amides is 1. The number of benzene rings is 1. The van der Waals surface area contributed by atoms with Crippen LogP contribution in [0, 0.1) is 0 Å². The monoisotopic (exact) mass is 389 g/mol. The summed E-state index contributed by atoms with van der Waals surface area (Å²) in [5.74, 6) is 0.504. The number of hydrogen-bond acceptors (Lipinski definition) is 5. The molecule has 3 rings (SSSR count). The minimum Gasteiger partial charge on any atom is -0.465 e. The van der Waals surface area contributed by atoms with Crippen molar-refractivity contribution < 1.29 is 14.3 Å². The molecule has 1 N–H and O–H groups in total. The molecule has 1 heterocycles. The standard InChI is InChI=1S/C20H23NO3S2/c1-24-20(23)18-15-10-5-6-11-16(15)26-19(18)21-17(22)12-7-13-25-14-8-3-2-4-9-14/h2-4,8-9H,5-7,10-13H2,1H3,(H,21,22).